The summed E-state index contributed by atoms with van der Waals surface area (Å²) in [5.74, 6) is -0.918. The number of aromatic nitrogens is 2. The fourth-order valence-corrected chi connectivity index (χ4v) is 4.77. The summed E-state index contributed by atoms with van der Waals surface area (Å²) < 4.78 is 15.4. The van der Waals surface area contributed by atoms with Crippen molar-refractivity contribution >= 4 is 51.7 Å². The first-order chi connectivity index (χ1) is 16.6. The van der Waals surface area contributed by atoms with Gasteiger partial charge in [0.25, 0.3) is 0 Å². The molecular weight excluding hydrogens is 465 g/mol. The zero-order valence-corrected chi connectivity index (χ0v) is 21.1. The van der Waals surface area contributed by atoms with Gasteiger partial charge < -0.3 is 21.4 Å². The number of nitrogens with zero attached hydrogens (tertiary/aromatic N) is 4. The van der Waals surface area contributed by atoms with Crippen molar-refractivity contribution in [3.8, 4) is 0 Å². The Kier molecular flexibility index (Phi) is 8.18. The molecule has 2 aromatic heterocycles. The average Bonchev–Trinajstić information content (AvgIpc) is 3.30. The van der Waals surface area contributed by atoms with Crippen LogP contribution in [0, 0.1) is 5.41 Å². The van der Waals surface area contributed by atoms with Gasteiger partial charge in [0.1, 0.15) is 5.01 Å². The molecule has 0 unspecified atom stereocenters. The number of nitrogens with one attached hydrogen (secondary N) is 1. The maximum atomic E-state index is 12.9. The van der Waals surface area contributed by atoms with Crippen molar-refractivity contribution in [2.75, 3.05) is 12.8 Å². The normalized spacial score (nSPS) is 12.6. The van der Waals surface area contributed by atoms with Crippen molar-refractivity contribution in [3.05, 3.63) is 63.2 Å². The molecule has 0 atom stereocenters. The lowest BCUT2D eigenvalue weighted by Gasteiger charge is -2.16. The summed E-state index contributed by atoms with van der Waals surface area (Å²) in [7, 11) is 3.61. The highest BCUT2D eigenvalue weighted by Crippen LogP contribution is 2.30. The van der Waals surface area contributed by atoms with Crippen LogP contribution in [0.4, 0.5) is 10.1 Å². The Labute approximate surface area is 207 Å². The number of fused-ring (bicyclic) bond motifs is 1. The van der Waals surface area contributed by atoms with Crippen molar-refractivity contribution in [1.82, 2.24) is 14.6 Å². The molecule has 1 aromatic carbocycles. The van der Waals surface area contributed by atoms with Gasteiger partial charge in [0.15, 0.2) is 17.9 Å². The Hall–Kier alpha value is -3.79. The molecular formula is C25H30FN7OS. The summed E-state index contributed by atoms with van der Waals surface area (Å²) in [5.41, 5.74) is 17.0. The van der Waals surface area contributed by atoms with Crippen LogP contribution in [0.1, 0.15) is 52.5 Å². The molecule has 0 radical (unpaired) electrons. The molecule has 0 saturated carbocycles. The Bertz CT molecular complexity index is 1350. The predicted octanol–water partition coefficient (Wildman–Crippen LogP) is 4.64. The maximum Gasteiger partial charge on any atom is 0.186 e. The Balaban J connectivity index is 1.90. The smallest absolute Gasteiger partial charge is 0.186 e. The molecule has 0 aliphatic rings. The van der Waals surface area contributed by atoms with E-state index in [-0.39, 0.29) is 12.1 Å². The van der Waals surface area contributed by atoms with Gasteiger partial charge in [-0.3, -0.25) is 9.80 Å². The first kappa shape index (κ1) is 25.8. The number of aryl methyl sites for hydroxylation is 1. The van der Waals surface area contributed by atoms with Crippen molar-refractivity contribution in [3.63, 3.8) is 0 Å². The second kappa shape index (κ2) is 11.1. The zero-order valence-electron chi connectivity index (χ0n) is 20.3. The third kappa shape index (κ3) is 6.02. The van der Waals surface area contributed by atoms with Gasteiger partial charge in [-0.2, -0.15) is 9.49 Å². The van der Waals surface area contributed by atoms with Gasteiger partial charge in [-0.05, 0) is 25.0 Å². The number of benzene rings is 1. The summed E-state index contributed by atoms with van der Waals surface area (Å²) in [6.45, 7) is 4.71. The number of rotatable bonds is 10. The van der Waals surface area contributed by atoms with Crippen LogP contribution in [0.5, 0.6) is 0 Å². The van der Waals surface area contributed by atoms with Gasteiger partial charge in [-0.1, -0.05) is 30.7 Å². The van der Waals surface area contributed by atoms with E-state index in [2.05, 4.69) is 30.0 Å². The number of nitrogen functional groups attached to an aromatic ring is 1. The first-order valence-corrected chi connectivity index (χ1v) is 11.9. The Morgan fingerprint density at radius 1 is 1.37 bits per heavy atom. The highest BCUT2D eigenvalue weighted by molar-refractivity contribution is 7.19. The van der Waals surface area contributed by atoms with E-state index < -0.39 is 5.95 Å². The topological polar surface area (TPSA) is 126 Å². The number of allylic oxidation sites excluding steroid dienone is 2. The minimum Gasteiger partial charge on any atom is -0.398 e. The van der Waals surface area contributed by atoms with E-state index in [4.69, 9.17) is 16.9 Å². The van der Waals surface area contributed by atoms with E-state index >= 15 is 0 Å². The molecule has 2 heterocycles. The summed E-state index contributed by atoms with van der Waals surface area (Å²) >= 11 is 1.34. The van der Waals surface area contributed by atoms with Crippen LogP contribution < -0.4 is 11.5 Å². The van der Waals surface area contributed by atoms with E-state index in [0.29, 0.717) is 34.1 Å². The fraction of sp³-hybridized carbons (Fsp3) is 0.280. The third-order valence-corrected chi connectivity index (χ3v) is 6.66. The number of hydrogen-bond acceptors (Lipinski definition) is 8. The second-order valence-electron chi connectivity index (χ2n) is 8.29. The van der Waals surface area contributed by atoms with Crippen molar-refractivity contribution in [2.45, 2.75) is 33.2 Å². The molecule has 0 fully saturated rings. The SMILES string of the molecule is CC/C(C)=C/c1c(N)cccc1CN(C)/N=C\c1c(C=O)n(C)c2nc(CC(=N)/C=C(\N)F)sc12. The van der Waals surface area contributed by atoms with Crippen LogP contribution >= 0.6 is 11.3 Å². The van der Waals surface area contributed by atoms with Crippen LogP contribution in [-0.2, 0) is 20.0 Å². The summed E-state index contributed by atoms with van der Waals surface area (Å²) in [6, 6.07) is 5.84. The number of hydrogen-bond donors (Lipinski definition) is 3. The molecule has 3 aromatic rings. The molecule has 0 aliphatic heterocycles. The molecule has 10 heteroatoms. The van der Waals surface area contributed by atoms with Crippen LogP contribution in [0.3, 0.4) is 0 Å². The number of anilines is 1. The standard InChI is InChI=1S/C25H30FN7OS/c1-5-15(2)9-18-16(7-6-8-20(18)28)13-32(3)30-12-19-21(14-34)33(4)25-24(19)35-23(31-25)11-17(27)10-22(26)29/h6-10,12,14,27H,5,11,13,28-29H2,1-4H3/b15-9+,22-10-,27-17?,30-12-. The van der Waals surface area contributed by atoms with Gasteiger partial charge >= 0.3 is 0 Å². The molecule has 0 aliphatic carbocycles. The maximum absolute atomic E-state index is 12.9. The number of hydrazone groups is 1. The monoisotopic (exact) mass is 495 g/mol. The quantitative estimate of drug-likeness (QED) is 0.124. The number of carbonyl (C=O) groups excluding carboxylic acids is 1. The second-order valence-corrected chi connectivity index (χ2v) is 9.38. The molecule has 0 bridgehead atoms. The Morgan fingerprint density at radius 2 is 2.11 bits per heavy atom. The van der Waals surface area contributed by atoms with Gasteiger partial charge in [0.2, 0.25) is 0 Å². The Morgan fingerprint density at radius 3 is 2.77 bits per heavy atom. The summed E-state index contributed by atoms with van der Waals surface area (Å²) in [5, 5.41) is 14.8. The molecule has 35 heavy (non-hydrogen) atoms. The largest absolute Gasteiger partial charge is 0.398 e. The van der Waals surface area contributed by atoms with Gasteiger partial charge in [-0.15, -0.1) is 11.3 Å². The van der Waals surface area contributed by atoms with Crippen molar-refractivity contribution in [2.24, 2.45) is 17.9 Å². The van der Waals surface area contributed by atoms with Crippen LogP contribution in [0.2, 0.25) is 0 Å². The van der Waals surface area contributed by atoms with E-state index in [1.807, 2.05) is 25.2 Å². The fourth-order valence-electron chi connectivity index (χ4n) is 3.63. The lowest BCUT2D eigenvalue weighted by atomic mass is 10.0. The van der Waals surface area contributed by atoms with Gasteiger partial charge in [-0.25, -0.2) is 4.98 Å². The molecule has 0 amide bonds. The first-order valence-electron chi connectivity index (χ1n) is 11.1. The molecule has 0 saturated heterocycles. The molecule has 5 N–H and O–H groups in total. The van der Waals surface area contributed by atoms with E-state index in [1.165, 1.54) is 16.9 Å². The lowest BCUT2D eigenvalue weighted by Crippen LogP contribution is -2.13. The number of aldehydes is 1. The van der Waals surface area contributed by atoms with E-state index in [9.17, 15) is 9.18 Å². The predicted molar refractivity (Wildman–Crippen MR) is 143 cm³/mol. The van der Waals surface area contributed by atoms with E-state index in [1.54, 1.807) is 22.8 Å². The van der Waals surface area contributed by atoms with Crippen LogP contribution in [0.25, 0.3) is 16.4 Å². The van der Waals surface area contributed by atoms with Gasteiger partial charge in [0, 0.05) is 49.1 Å². The van der Waals surface area contributed by atoms with Crippen molar-refractivity contribution in [1.29, 1.82) is 5.41 Å². The third-order valence-electron chi connectivity index (χ3n) is 5.58. The van der Waals surface area contributed by atoms with Crippen molar-refractivity contribution < 1.29 is 9.18 Å². The number of nitrogens with two attached hydrogens (primary N) is 2. The summed E-state index contributed by atoms with van der Waals surface area (Å²) in [4.78, 5) is 16.3. The molecule has 3 rings (SSSR count). The zero-order chi connectivity index (χ0) is 25.7. The van der Waals surface area contributed by atoms with Crippen LogP contribution in [-0.4, -0.2) is 39.8 Å². The minimum atomic E-state index is -0.918. The lowest BCUT2D eigenvalue weighted by molar-refractivity contribution is 0.111. The summed E-state index contributed by atoms with van der Waals surface area (Å²) in [6.07, 6.45) is 6.57. The van der Waals surface area contributed by atoms with E-state index in [0.717, 1.165) is 34.6 Å². The number of halogens is 1. The molecule has 8 nitrogen and oxygen atoms in total. The average molecular weight is 496 g/mol. The highest BCUT2D eigenvalue weighted by Gasteiger charge is 2.19. The van der Waals surface area contributed by atoms with Crippen LogP contribution in [0.15, 0.2) is 40.9 Å². The minimum absolute atomic E-state index is 0.0138. The number of thiazole rings is 1. The van der Waals surface area contributed by atoms with Gasteiger partial charge in [0.05, 0.1) is 23.2 Å². The molecule has 0 spiro atoms. The highest BCUT2D eigenvalue weighted by atomic mass is 32.1. The number of carbonyl (C=O) groups is 1. The molecule has 184 valence electrons.